The number of aromatic nitrogens is 2. The second-order valence-electron chi connectivity index (χ2n) is 8.94. The molecular weight excluding hydrogens is 368 g/mol. The van der Waals surface area contributed by atoms with Crippen LogP contribution >= 0.6 is 0 Å². The number of para-hydroxylation sites is 1. The molecule has 0 spiro atoms. The van der Waals surface area contributed by atoms with E-state index in [1.54, 1.807) is 7.11 Å². The lowest BCUT2D eigenvalue weighted by molar-refractivity contribution is 0.327. The Kier molecular flexibility index (Phi) is 5.61. The van der Waals surface area contributed by atoms with Gasteiger partial charge in [0.2, 0.25) is 0 Å². The number of hydrogen-bond donors (Lipinski definition) is 0. The van der Waals surface area contributed by atoms with Crippen LogP contribution in [0.5, 0.6) is 5.75 Å². The molecular formula is C27H32N2O. The van der Waals surface area contributed by atoms with E-state index in [0.29, 0.717) is 0 Å². The van der Waals surface area contributed by atoms with Crippen LogP contribution in [0.3, 0.4) is 0 Å². The van der Waals surface area contributed by atoms with Crippen molar-refractivity contribution >= 4 is 32.8 Å². The first-order valence-corrected chi connectivity index (χ1v) is 11.7. The molecule has 0 unspecified atom stereocenters. The number of hydrogen-bond acceptors (Lipinski definition) is 2. The van der Waals surface area contributed by atoms with Gasteiger partial charge in [0, 0.05) is 17.3 Å². The van der Waals surface area contributed by atoms with Gasteiger partial charge in [0.05, 0.1) is 29.2 Å². The average molecular weight is 401 g/mol. The highest BCUT2D eigenvalue weighted by molar-refractivity contribution is 6.09. The van der Waals surface area contributed by atoms with E-state index in [2.05, 4.69) is 47.0 Å². The summed E-state index contributed by atoms with van der Waals surface area (Å²) in [5.74, 6) is 1.88. The van der Waals surface area contributed by atoms with Crippen LogP contribution in [0.15, 0.2) is 48.5 Å². The lowest BCUT2D eigenvalue weighted by Crippen LogP contribution is -2.06. The quantitative estimate of drug-likeness (QED) is 0.300. The van der Waals surface area contributed by atoms with Crippen molar-refractivity contribution in [3.05, 3.63) is 48.5 Å². The summed E-state index contributed by atoms with van der Waals surface area (Å²) in [6, 6.07) is 17.2. The molecule has 1 fully saturated rings. The Balaban J connectivity index is 1.40. The van der Waals surface area contributed by atoms with Gasteiger partial charge in [0.25, 0.3) is 0 Å². The maximum atomic E-state index is 5.43. The fourth-order valence-electron chi connectivity index (χ4n) is 5.31. The number of methoxy groups -OCH3 is 1. The number of benzene rings is 2. The van der Waals surface area contributed by atoms with E-state index < -0.39 is 0 Å². The predicted octanol–water partition coefficient (Wildman–Crippen LogP) is 7.49. The molecule has 1 aliphatic rings. The molecule has 0 amide bonds. The number of fused-ring (bicyclic) bond motifs is 4. The zero-order valence-electron chi connectivity index (χ0n) is 18.1. The van der Waals surface area contributed by atoms with Gasteiger partial charge in [-0.05, 0) is 42.7 Å². The molecule has 3 nitrogen and oxygen atoms in total. The van der Waals surface area contributed by atoms with Crippen molar-refractivity contribution in [1.29, 1.82) is 0 Å². The van der Waals surface area contributed by atoms with Crippen LogP contribution in [-0.4, -0.2) is 16.7 Å². The predicted molar refractivity (Wildman–Crippen MR) is 126 cm³/mol. The van der Waals surface area contributed by atoms with Crippen molar-refractivity contribution in [3.63, 3.8) is 0 Å². The molecule has 0 atom stereocenters. The van der Waals surface area contributed by atoms with Crippen molar-refractivity contribution in [2.45, 2.75) is 64.3 Å². The van der Waals surface area contributed by atoms with Crippen LogP contribution in [0.1, 0.15) is 57.8 Å². The SMILES string of the molecule is COc1ccc2nc3c4ccccc4n(CCCCCC4CCCCC4)c3cc2c1. The van der Waals surface area contributed by atoms with Gasteiger partial charge in [0.15, 0.2) is 0 Å². The van der Waals surface area contributed by atoms with Crippen molar-refractivity contribution in [3.8, 4) is 5.75 Å². The van der Waals surface area contributed by atoms with E-state index in [-0.39, 0.29) is 0 Å². The summed E-state index contributed by atoms with van der Waals surface area (Å²) in [4.78, 5) is 5.03. The van der Waals surface area contributed by atoms with E-state index in [9.17, 15) is 0 Å². The first-order chi connectivity index (χ1) is 14.8. The van der Waals surface area contributed by atoms with Crippen molar-refractivity contribution in [2.75, 3.05) is 7.11 Å². The third-order valence-electron chi connectivity index (χ3n) is 6.96. The van der Waals surface area contributed by atoms with Crippen LogP contribution in [-0.2, 0) is 6.54 Å². The minimum absolute atomic E-state index is 0.883. The summed E-state index contributed by atoms with van der Waals surface area (Å²) in [6.45, 7) is 1.06. The first kappa shape index (κ1) is 19.4. The molecule has 30 heavy (non-hydrogen) atoms. The van der Waals surface area contributed by atoms with Crippen molar-refractivity contribution < 1.29 is 4.74 Å². The first-order valence-electron chi connectivity index (χ1n) is 11.7. The fraction of sp³-hybridized carbons (Fsp3) is 0.444. The summed E-state index contributed by atoms with van der Waals surface area (Å²) in [5, 5.41) is 2.40. The Morgan fingerprint density at radius 2 is 1.80 bits per heavy atom. The second-order valence-corrected chi connectivity index (χ2v) is 8.94. The number of aryl methyl sites for hydroxylation is 1. The third kappa shape index (κ3) is 3.78. The molecule has 0 N–H and O–H groups in total. The molecule has 156 valence electrons. The molecule has 1 saturated carbocycles. The Bertz CT molecular complexity index is 1150. The Morgan fingerprint density at radius 3 is 2.67 bits per heavy atom. The van der Waals surface area contributed by atoms with Gasteiger partial charge >= 0.3 is 0 Å². The molecule has 5 rings (SSSR count). The molecule has 0 bridgehead atoms. The standard InChI is InChI=1S/C27H32N2O/c1-30-22-15-16-24-21(18-22)19-26-27(28-24)23-13-7-8-14-25(23)29(26)17-9-3-6-12-20-10-4-2-5-11-20/h7-8,13-16,18-20H,2-6,9-12,17H2,1H3. The highest BCUT2D eigenvalue weighted by Gasteiger charge is 2.14. The Hall–Kier alpha value is -2.55. The smallest absolute Gasteiger partial charge is 0.119 e. The molecule has 4 aromatic rings. The van der Waals surface area contributed by atoms with Crippen molar-refractivity contribution in [1.82, 2.24) is 9.55 Å². The van der Waals surface area contributed by atoms with Gasteiger partial charge in [-0.25, -0.2) is 4.98 Å². The Morgan fingerprint density at radius 1 is 0.933 bits per heavy atom. The summed E-state index contributed by atoms with van der Waals surface area (Å²) < 4.78 is 7.91. The largest absolute Gasteiger partial charge is 0.497 e. The van der Waals surface area contributed by atoms with Crippen LogP contribution in [0.2, 0.25) is 0 Å². The van der Waals surface area contributed by atoms with Gasteiger partial charge in [0.1, 0.15) is 5.75 Å². The fourth-order valence-corrected chi connectivity index (χ4v) is 5.31. The number of nitrogens with zero attached hydrogens (tertiary/aromatic N) is 2. The molecule has 2 aromatic heterocycles. The monoisotopic (exact) mass is 400 g/mol. The molecule has 2 heterocycles. The molecule has 0 aliphatic heterocycles. The maximum absolute atomic E-state index is 5.43. The van der Waals surface area contributed by atoms with E-state index in [0.717, 1.165) is 34.6 Å². The third-order valence-corrected chi connectivity index (χ3v) is 6.96. The summed E-state index contributed by atoms with van der Waals surface area (Å²) in [5.41, 5.74) is 4.68. The normalized spacial score (nSPS) is 15.4. The molecule has 3 heteroatoms. The summed E-state index contributed by atoms with van der Waals surface area (Å²) in [7, 11) is 1.72. The van der Waals surface area contributed by atoms with Crippen molar-refractivity contribution in [2.24, 2.45) is 5.92 Å². The van der Waals surface area contributed by atoms with Gasteiger partial charge in [-0.3, -0.25) is 0 Å². The van der Waals surface area contributed by atoms with E-state index in [1.807, 2.05) is 6.07 Å². The molecule has 0 radical (unpaired) electrons. The van der Waals surface area contributed by atoms with Crippen LogP contribution in [0.4, 0.5) is 0 Å². The number of ether oxygens (including phenoxy) is 1. The minimum Gasteiger partial charge on any atom is -0.497 e. The van der Waals surface area contributed by atoms with Gasteiger partial charge in [-0.1, -0.05) is 69.6 Å². The lowest BCUT2D eigenvalue weighted by atomic mass is 9.85. The van der Waals surface area contributed by atoms with Crippen LogP contribution in [0, 0.1) is 5.92 Å². The maximum Gasteiger partial charge on any atom is 0.119 e. The van der Waals surface area contributed by atoms with Crippen LogP contribution < -0.4 is 4.74 Å². The van der Waals surface area contributed by atoms with Gasteiger partial charge in [-0.15, -0.1) is 0 Å². The second kappa shape index (κ2) is 8.67. The minimum atomic E-state index is 0.883. The number of unbranched alkanes of at least 4 members (excludes halogenated alkanes) is 2. The van der Waals surface area contributed by atoms with Gasteiger partial charge in [-0.2, -0.15) is 0 Å². The summed E-state index contributed by atoms with van der Waals surface area (Å²) in [6.07, 6.45) is 12.7. The van der Waals surface area contributed by atoms with E-state index >= 15 is 0 Å². The summed E-state index contributed by atoms with van der Waals surface area (Å²) >= 11 is 0. The molecule has 0 saturated heterocycles. The number of rotatable bonds is 7. The van der Waals surface area contributed by atoms with Crippen LogP contribution in [0.25, 0.3) is 32.8 Å². The lowest BCUT2D eigenvalue weighted by Gasteiger charge is -2.21. The Labute approximate surface area is 179 Å². The zero-order valence-corrected chi connectivity index (χ0v) is 18.1. The molecule has 2 aromatic carbocycles. The zero-order chi connectivity index (χ0) is 20.3. The highest BCUT2D eigenvalue weighted by atomic mass is 16.5. The number of pyridine rings is 1. The topological polar surface area (TPSA) is 27.1 Å². The average Bonchev–Trinajstić information content (AvgIpc) is 3.10. The van der Waals surface area contributed by atoms with E-state index in [4.69, 9.17) is 9.72 Å². The van der Waals surface area contributed by atoms with Gasteiger partial charge < -0.3 is 9.30 Å². The highest BCUT2D eigenvalue weighted by Crippen LogP contribution is 2.32. The van der Waals surface area contributed by atoms with E-state index in [1.165, 1.54) is 74.2 Å². The molecule has 1 aliphatic carbocycles.